The van der Waals surface area contributed by atoms with E-state index in [1.807, 2.05) is 24.3 Å². The standard InChI is InChI=1S/C35H36N4O10/c36-24(15-20-10-12-22(40)13-11-20)32(42)46-18-28(47-33(43)26(38)16-21-17-39-27-9-5-4-8-23(21)27)30-31(29(41)35(45)48-30)49-34(44)25(37)14-19-6-2-1-3-7-19/h1-13,17,24-26,28,30-31,39-40H,14-16,18,36-38H2/t24-,25-,26-,28-,30+,31?/m0/s1. The van der Waals surface area contributed by atoms with Gasteiger partial charge in [0, 0.05) is 23.5 Å². The molecule has 1 fully saturated rings. The van der Waals surface area contributed by atoms with Crippen molar-refractivity contribution in [2.24, 2.45) is 17.2 Å². The first-order valence-electron chi connectivity index (χ1n) is 15.5. The molecule has 14 heteroatoms. The van der Waals surface area contributed by atoms with Crippen molar-refractivity contribution in [1.29, 1.82) is 0 Å². The number of ether oxygens (including phenoxy) is 4. The van der Waals surface area contributed by atoms with E-state index in [0.29, 0.717) is 5.56 Å². The summed E-state index contributed by atoms with van der Waals surface area (Å²) in [5.41, 5.74) is 21.2. The molecule has 1 saturated heterocycles. The summed E-state index contributed by atoms with van der Waals surface area (Å²) in [5.74, 6) is -5.43. The van der Waals surface area contributed by atoms with E-state index in [4.69, 9.17) is 36.1 Å². The molecule has 0 radical (unpaired) electrons. The summed E-state index contributed by atoms with van der Waals surface area (Å²) in [6.07, 6.45) is -3.34. The molecule has 1 aliphatic rings. The summed E-state index contributed by atoms with van der Waals surface area (Å²) in [7, 11) is 0. The molecule has 1 aromatic heterocycles. The number of rotatable bonds is 14. The predicted octanol–water partition coefficient (Wildman–Crippen LogP) is 0.745. The van der Waals surface area contributed by atoms with E-state index in [0.717, 1.165) is 22.0 Å². The first-order chi connectivity index (χ1) is 23.5. The molecule has 0 saturated carbocycles. The summed E-state index contributed by atoms with van der Waals surface area (Å²) in [4.78, 5) is 67.6. The molecular formula is C35H36N4O10. The zero-order valence-electron chi connectivity index (χ0n) is 26.2. The van der Waals surface area contributed by atoms with Gasteiger partial charge < -0.3 is 46.2 Å². The van der Waals surface area contributed by atoms with Crippen molar-refractivity contribution >= 4 is 40.6 Å². The molecule has 1 aliphatic heterocycles. The van der Waals surface area contributed by atoms with Crippen LogP contribution in [0.2, 0.25) is 0 Å². The molecular weight excluding hydrogens is 636 g/mol. The molecule has 8 N–H and O–H groups in total. The Morgan fingerprint density at radius 2 is 1.39 bits per heavy atom. The van der Waals surface area contributed by atoms with Crippen molar-refractivity contribution in [3.63, 3.8) is 0 Å². The minimum Gasteiger partial charge on any atom is -0.508 e. The minimum atomic E-state index is -1.87. The number of nitrogens with one attached hydrogen (secondary N) is 1. The van der Waals surface area contributed by atoms with Gasteiger partial charge in [-0.25, -0.2) is 4.79 Å². The van der Waals surface area contributed by atoms with E-state index in [-0.39, 0.29) is 25.0 Å². The number of para-hydroxylation sites is 1. The van der Waals surface area contributed by atoms with Crippen molar-refractivity contribution in [2.45, 2.75) is 55.7 Å². The van der Waals surface area contributed by atoms with Gasteiger partial charge in [-0.2, -0.15) is 0 Å². The average molecular weight is 673 g/mol. The monoisotopic (exact) mass is 672 g/mol. The number of H-pyrrole nitrogens is 1. The second kappa shape index (κ2) is 15.6. The first kappa shape index (κ1) is 34.8. The molecule has 256 valence electrons. The maximum Gasteiger partial charge on any atom is 0.379 e. The Bertz CT molecular complexity index is 1810. The van der Waals surface area contributed by atoms with Gasteiger partial charge in [0.05, 0.1) is 0 Å². The van der Waals surface area contributed by atoms with Crippen LogP contribution in [-0.4, -0.2) is 82.8 Å². The number of cyclic esters (lactones) is 1. The smallest absolute Gasteiger partial charge is 0.379 e. The van der Waals surface area contributed by atoms with Crippen LogP contribution < -0.4 is 17.2 Å². The van der Waals surface area contributed by atoms with Gasteiger partial charge in [-0.3, -0.25) is 19.2 Å². The normalized spacial score (nSPS) is 18.3. The number of esters is 4. The number of phenols is 1. The highest BCUT2D eigenvalue weighted by atomic mass is 16.6. The SMILES string of the molecule is N[C@@H](Cc1ccc(O)cc1)C(=O)OC[C@H](OC(=O)[C@@H](N)Cc1c[nH]c2ccccc12)[C@H]1OC(=O)C(=O)C1OC(=O)[C@@H](N)Cc1ccccc1. The van der Waals surface area contributed by atoms with E-state index in [1.54, 1.807) is 48.7 Å². The number of fused-ring (bicyclic) bond motifs is 1. The third kappa shape index (κ3) is 8.67. The Hall–Kier alpha value is -5.57. The van der Waals surface area contributed by atoms with Crippen LogP contribution >= 0.6 is 0 Å². The minimum absolute atomic E-state index is 0.0318. The summed E-state index contributed by atoms with van der Waals surface area (Å²) in [5, 5.41) is 10.4. The van der Waals surface area contributed by atoms with Gasteiger partial charge in [-0.05, 0) is 47.7 Å². The third-order valence-electron chi connectivity index (χ3n) is 7.98. The fourth-order valence-electron chi connectivity index (χ4n) is 5.36. The van der Waals surface area contributed by atoms with Crippen LogP contribution in [0, 0.1) is 0 Å². The lowest BCUT2D eigenvalue weighted by molar-refractivity contribution is -0.179. The van der Waals surface area contributed by atoms with E-state index in [9.17, 15) is 29.1 Å². The highest BCUT2D eigenvalue weighted by Gasteiger charge is 2.52. The molecule has 0 aliphatic carbocycles. The van der Waals surface area contributed by atoms with E-state index >= 15 is 0 Å². The van der Waals surface area contributed by atoms with E-state index in [1.165, 1.54) is 12.1 Å². The number of ketones is 1. The van der Waals surface area contributed by atoms with Crippen molar-refractivity contribution in [3.05, 3.63) is 102 Å². The fourth-order valence-corrected chi connectivity index (χ4v) is 5.36. The molecule has 4 aromatic rings. The van der Waals surface area contributed by atoms with Gasteiger partial charge in [-0.15, -0.1) is 0 Å². The van der Waals surface area contributed by atoms with Crippen molar-refractivity contribution in [1.82, 2.24) is 4.98 Å². The molecule has 49 heavy (non-hydrogen) atoms. The Balaban J connectivity index is 1.31. The zero-order chi connectivity index (χ0) is 35.1. The summed E-state index contributed by atoms with van der Waals surface area (Å²) < 4.78 is 21.6. The number of carbonyl (C=O) groups excluding carboxylic acids is 5. The number of phenolic OH excluding ortho intramolecular Hbond substituents is 1. The average Bonchev–Trinajstić information content (AvgIpc) is 3.63. The highest BCUT2D eigenvalue weighted by Crippen LogP contribution is 2.24. The summed E-state index contributed by atoms with van der Waals surface area (Å²) >= 11 is 0. The second-order valence-electron chi connectivity index (χ2n) is 11.6. The predicted molar refractivity (Wildman–Crippen MR) is 173 cm³/mol. The van der Waals surface area contributed by atoms with E-state index < -0.39 is 72.7 Å². The maximum atomic E-state index is 13.3. The summed E-state index contributed by atoms with van der Waals surface area (Å²) in [6.45, 7) is -0.733. The topological polar surface area (TPSA) is 236 Å². The molecule has 0 amide bonds. The molecule has 0 spiro atoms. The third-order valence-corrected chi connectivity index (χ3v) is 7.98. The number of carbonyl (C=O) groups is 5. The Morgan fingerprint density at radius 3 is 2.10 bits per heavy atom. The molecule has 14 nitrogen and oxygen atoms in total. The molecule has 0 bridgehead atoms. The molecule has 6 atom stereocenters. The zero-order valence-corrected chi connectivity index (χ0v) is 26.2. The summed E-state index contributed by atoms with van der Waals surface area (Å²) in [6, 6.07) is 18.6. The van der Waals surface area contributed by atoms with Gasteiger partial charge >= 0.3 is 23.9 Å². The van der Waals surface area contributed by atoms with Crippen LogP contribution in [0.1, 0.15) is 16.7 Å². The maximum absolute atomic E-state index is 13.3. The molecule has 3 aromatic carbocycles. The highest BCUT2D eigenvalue weighted by molar-refractivity contribution is 6.37. The fraction of sp³-hybridized carbons (Fsp3) is 0.286. The Labute approximate surface area is 280 Å². The Morgan fingerprint density at radius 1 is 0.776 bits per heavy atom. The lowest BCUT2D eigenvalue weighted by atomic mass is 10.0. The van der Waals surface area contributed by atoms with E-state index in [2.05, 4.69) is 4.98 Å². The van der Waals surface area contributed by atoms with Gasteiger partial charge in [-0.1, -0.05) is 60.7 Å². The number of aromatic amines is 1. The van der Waals surface area contributed by atoms with Gasteiger partial charge in [0.15, 0.2) is 12.2 Å². The molecule has 2 heterocycles. The van der Waals surface area contributed by atoms with Crippen LogP contribution in [-0.2, 0) is 62.2 Å². The van der Waals surface area contributed by atoms with Crippen LogP contribution in [0.25, 0.3) is 10.9 Å². The van der Waals surface area contributed by atoms with Crippen LogP contribution in [0.15, 0.2) is 85.1 Å². The second-order valence-corrected chi connectivity index (χ2v) is 11.6. The first-order valence-corrected chi connectivity index (χ1v) is 15.5. The van der Waals surface area contributed by atoms with Crippen molar-refractivity contribution in [3.8, 4) is 5.75 Å². The number of hydrogen-bond donors (Lipinski definition) is 5. The van der Waals surface area contributed by atoms with Crippen LogP contribution in [0.5, 0.6) is 5.75 Å². The lowest BCUT2D eigenvalue weighted by Gasteiger charge is -2.27. The number of benzene rings is 3. The van der Waals surface area contributed by atoms with Gasteiger partial charge in [0.2, 0.25) is 6.10 Å². The quantitative estimate of drug-likeness (QED) is 0.0707. The van der Waals surface area contributed by atoms with Crippen molar-refractivity contribution in [2.75, 3.05) is 6.61 Å². The molecule has 5 rings (SSSR count). The number of nitrogens with two attached hydrogens (primary N) is 3. The Kier molecular flexibility index (Phi) is 11.0. The largest absolute Gasteiger partial charge is 0.508 e. The van der Waals surface area contributed by atoms with Crippen LogP contribution in [0.3, 0.4) is 0 Å². The van der Waals surface area contributed by atoms with Gasteiger partial charge in [0.1, 0.15) is 30.5 Å². The molecule has 1 unspecified atom stereocenters. The number of aromatic hydroxyl groups is 1. The number of hydrogen-bond acceptors (Lipinski definition) is 13. The lowest BCUT2D eigenvalue weighted by Crippen LogP contribution is -2.49. The van der Waals surface area contributed by atoms with Crippen LogP contribution in [0.4, 0.5) is 0 Å². The number of aromatic nitrogens is 1. The van der Waals surface area contributed by atoms with Gasteiger partial charge in [0.25, 0.3) is 5.78 Å². The van der Waals surface area contributed by atoms with Crippen molar-refractivity contribution < 1.29 is 48.0 Å². The number of Topliss-reactive ketones (excluding diaryl/α,β-unsaturated/α-hetero) is 1.